The van der Waals surface area contributed by atoms with Gasteiger partial charge in [0.2, 0.25) is 0 Å². The molecular formula is C10H21N. The molecular weight excluding hydrogens is 134 g/mol. The third-order valence-electron chi connectivity index (χ3n) is 1.95. The number of hydrogen-bond donors (Lipinski definition) is 0. The van der Waals surface area contributed by atoms with Crippen LogP contribution in [0.3, 0.4) is 0 Å². The number of unbranched alkanes of at least 4 members (excludes halogenated alkanes) is 2. The maximum absolute atomic E-state index is 2.29. The first-order chi connectivity index (χ1) is 5.18. The number of rotatable bonds is 5. The summed E-state index contributed by atoms with van der Waals surface area (Å²) >= 11 is 0. The lowest BCUT2D eigenvalue weighted by Crippen LogP contribution is -2.21. The van der Waals surface area contributed by atoms with E-state index in [9.17, 15) is 0 Å². The van der Waals surface area contributed by atoms with Crippen LogP contribution in [0.25, 0.3) is 0 Å². The Morgan fingerprint density at radius 1 is 1.36 bits per heavy atom. The fraction of sp³-hybridized carbons (Fsp3) is 0.800. The van der Waals surface area contributed by atoms with E-state index in [1.807, 2.05) is 0 Å². The van der Waals surface area contributed by atoms with Crippen molar-refractivity contribution in [3.63, 3.8) is 0 Å². The van der Waals surface area contributed by atoms with Gasteiger partial charge in [-0.1, -0.05) is 31.9 Å². The Balaban J connectivity index is 3.40. The van der Waals surface area contributed by atoms with Gasteiger partial charge in [-0.05, 0) is 27.4 Å². The van der Waals surface area contributed by atoms with E-state index in [2.05, 4.69) is 45.0 Å². The molecule has 0 spiro atoms. The van der Waals surface area contributed by atoms with Crippen LogP contribution in [0.1, 0.15) is 33.1 Å². The van der Waals surface area contributed by atoms with Gasteiger partial charge in [-0.15, -0.1) is 0 Å². The van der Waals surface area contributed by atoms with Gasteiger partial charge < -0.3 is 4.90 Å². The van der Waals surface area contributed by atoms with Gasteiger partial charge in [0.25, 0.3) is 0 Å². The lowest BCUT2D eigenvalue weighted by Gasteiger charge is -2.14. The van der Waals surface area contributed by atoms with Crippen LogP contribution < -0.4 is 0 Å². The highest BCUT2D eigenvalue weighted by atomic mass is 15.1. The number of likely N-dealkylation sites (N-methyl/N-ethyl adjacent to an activating group) is 1. The molecule has 0 heterocycles. The van der Waals surface area contributed by atoms with Crippen LogP contribution in [0.15, 0.2) is 12.2 Å². The van der Waals surface area contributed by atoms with E-state index < -0.39 is 0 Å². The predicted molar refractivity (Wildman–Crippen MR) is 51.8 cm³/mol. The van der Waals surface area contributed by atoms with Crippen molar-refractivity contribution < 1.29 is 0 Å². The zero-order valence-electron chi connectivity index (χ0n) is 8.30. The molecule has 0 saturated carbocycles. The second-order valence-corrected chi connectivity index (χ2v) is 3.27. The maximum Gasteiger partial charge on any atom is 0.0243 e. The lowest BCUT2D eigenvalue weighted by atomic mass is 10.2. The SMILES string of the molecule is CCCC/C=C/C(C)N(C)C. The van der Waals surface area contributed by atoms with Crippen LogP contribution in [0.5, 0.6) is 0 Å². The maximum atomic E-state index is 2.29. The summed E-state index contributed by atoms with van der Waals surface area (Å²) in [7, 11) is 4.21. The molecule has 0 aliphatic rings. The second-order valence-electron chi connectivity index (χ2n) is 3.27. The van der Waals surface area contributed by atoms with Crippen LogP contribution >= 0.6 is 0 Å². The van der Waals surface area contributed by atoms with Crippen molar-refractivity contribution in [1.82, 2.24) is 4.90 Å². The number of hydrogen-bond acceptors (Lipinski definition) is 1. The molecule has 1 nitrogen and oxygen atoms in total. The molecule has 0 amide bonds. The molecule has 0 aromatic rings. The van der Waals surface area contributed by atoms with E-state index in [1.54, 1.807) is 0 Å². The quantitative estimate of drug-likeness (QED) is 0.436. The van der Waals surface area contributed by atoms with Crippen molar-refractivity contribution in [2.45, 2.75) is 39.2 Å². The Morgan fingerprint density at radius 3 is 2.45 bits per heavy atom. The molecule has 0 N–H and O–H groups in total. The van der Waals surface area contributed by atoms with E-state index in [-0.39, 0.29) is 0 Å². The molecule has 0 saturated heterocycles. The molecule has 0 bridgehead atoms. The Kier molecular flexibility index (Phi) is 6.24. The fourth-order valence-corrected chi connectivity index (χ4v) is 0.787. The summed E-state index contributed by atoms with van der Waals surface area (Å²) in [5.74, 6) is 0. The first-order valence-electron chi connectivity index (χ1n) is 4.51. The molecule has 0 aliphatic heterocycles. The monoisotopic (exact) mass is 155 g/mol. The summed E-state index contributed by atoms with van der Waals surface area (Å²) < 4.78 is 0. The highest BCUT2D eigenvalue weighted by Crippen LogP contribution is 1.98. The lowest BCUT2D eigenvalue weighted by molar-refractivity contribution is 0.363. The Morgan fingerprint density at radius 2 is 2.00 bits per heavy atom. The first-order valence-corrected chi connectivity index (χ1v) is 4.51. The molecule has 0 aliphatic carbocycles. The van der Waals surface area contributed by atoms with Gasteiger partial charge in [0.15, 0.2) is 0 Å². The topological polar surface area (TPSA) is 3.24 Å². The van der Waals surface area contributed by atoms with E-state index >= 15 is 0 Å². The number of nitrogens with zero attached hydrogens (tertiary/aromatic N) is 1. The molecule has 0 rings (SSSR count). The first kappa shape index (κ1) is 10.7. The smallest absolute Gasteiger partial charge is 0.0243 e. The average molecular weight is 155 g/mol. The Labute approximate surface area is 71.1 Å². The minimum Gasteiger partial charge on any atom is -0.303 e. The third kappa shape index (κ3) is 6.11. The molecule has 0 fully saturated rings. The molecule has 0 radical (unpaired) electrons. The highest BCUT2D eigenvalue weighted by Gasteiger charge is 1.96. The molecule has 66 valence electrons. The fourth-order valence-electron chi connectivity index (χ4n) is 0.787. The second kappa shape index (κ2) is 6.41. The van der Waals surface area contributed by atoms with Crippen molar-refractivity contribution in [1.29, 1.82) is 0 Å². The van der Waals surface area contributed by atoms with E-state index in [4.69, 9.17) is 0 Å². The molecule has 1 unspecified atom stereocenters. The minimum atomic E-state index is 0.576. The van der Waals surface area contributed by atoms with Gasteiger partial charge in [0.1, 0.15) is 0 Å². The molecule has 0 aromatic heterocycles. The van der Waals surface area contributed by atoms with Crippen molar-refractivity contribution >= 4 is 0 Å². The van der Waals surface area contributed by atoms with E-state index in [0.717, 1.165) is 0 Å². The summed E-state index contributed by atoms with van der Waals surface area (Å²) in [6.07, 6.45) is 8.40. The van der Waals surface area contributed by atoms with Crippen molar-refractivity contribution in [3.8, 4) is 0 Å². The Hall–Kier alpha value is -0.300. The zero-order chi connectivity index (χ0) is 8.69. The highest BCUT2D eigenvalue weighted by molar-refractivity contribution is 4.90. The average Bonchev–Trinajstić information content (AvgIpc) is 1.97. The molecule has 1 heteroatoms. The van der Waals surface area contributed by atoms with Gasteiger partial charge in [-0.25, -0.2) is 0 Å². The van der Waals surface area contributed by atoms with Gasteiger partial charge >= 0.3 is 0 Å². The number of allylic oxidation sites excluding steroid dienone is 1. The largest absolute Gasteiger partial charge is 0.303 e. The van der Waals surface area contributed by atoms with E-state index in [1.165, 1.54) is 19.3 Å². The minimum absolute atomic E-state index is 0.576. The van der Waals surface area contributed by atoms with Gasteiger partial charge in [-0.3, -0.25) is 0 Å². The molecule has 1 atom stereocenters. The van der Waals surface area contributed by atoms with Gasteiger partial charge in [-0.2, -0.15) is 0 Å². The summed E-state index contributed by atoms with van der Waals surface area (Å²) in [5.41, 5.74) is 0. The van der Waals surface area contributed by atoms with Gasteiger partial charge in [0.05, 0.1) is 0 Å². The van der Waals surface area contributed by atoms with Crippen molar-refractivity contribution in [2.24, 2.45) is 0 Å². The molecule has 0 aromatic carbocycles. The third-order valence-corrected chi connectivity index (χ3v) is 1.95. The normalized spacial score (nSPS) is 14.6. The van der Waals surface area contributed by atoms with Crippen LogP contribution in [0.4, 0.5) is 0 Å². The summed E-state index contributed by atoms with van der Waals surface area (Å²) in [4.78, 5) is 2.21. The van der Waals surface area contributed by atoms with Crippen molar-refractivity contribution in [3.05, 3.63) is 12.2 Å². The summed E-state index contributed by atoms with van der Waals surface area (Å²) in [6, 6.07) is 0.576. The summed E-state index contributed by atoms with van der Waals surface area (Å²) in [5, 5.41) is 0. The van der Waals surface area contributed by atoms with Crippen molar-refractivity contribution in [2.75, 3.05) is 14.1 Å². The predicted octanol–water partition coefficient (Wildman–Crippen LogP) is 2.68. The summed E-state index contributed by atoms with van der Waals surface area (Å²) in [6.45, 7) is 4.44. The van der Waals surface area contributed by atoms with E-state index in [0.29, 0.717) is 6.04 Å². The van der Waals surface area contributed by atoms with Crippen LogP contribution in [0, 0.1) is 0 Å². The van der Waals surface area contributed by atoms with Gasteiger partial charge in [0, 0.05) is 6.04 Å². The Bertz CT molecular complexity index is 105. The molecule has 11 heavy (non-hydrogen) atoms. The van der Waals surface area contributed by atoms with Crippen LogP contribution in [-0.4, -0.2) is 25.0 Å². The van der Waals surface area contributed by atoms with Crippen LogP contribution in [0.2, 0.25) is 0 Å². The van der Waals surface area contributed by atoms with Crippen LogP contribution in [-0.2, 0) is 0 Å². The zero-order valence-corrected chi connectivity index (χ0v) is 8.30. The standard InChI is InChI=1S/C10H21N/c1-5-6-7-8-9-10(2)11(3)4/h8-10H,5-7H2,1-4H3/b9-8+.